The highest BCUT2D eigenvalue weighted by molar-refractivity contribution is 5.50. The first-order chi connectivity index (χ1) is 8.20. The van der Waals surface area contributed by atoms with Crippen LogP contribution in [0.15, 0.2) is 24.3 Å². The van der Waals surface area contributed by atoms with Gasteiger partial charge in [-0.2, -0.15) is 0 Å². The van der Waals surface area contributed by atoms with Crippen molar-refractivity contribution >= 4 is 5.69 Å². The van der Waals surface area contributed by atoms with E-state index < -0.39 is 0 Å². The normalized spacial score (nSPS) is 20.2. The van der Waals surface area contributed by atoms with Crippen LogP contribution in [0.1, 0.15) is 18.4 Å². The van der Waals surface area contributed by atoms with Gasteiger partial charge >= 0.3 is 0 Å². The van der Waals surface area contributed by atoms with Crippen molar-refractivity contribution in [3.8, 4) is 0 Å². The minimum atomic E-state index is 0.625. The summed E-state index contributed by atoms with van der Waals surface area (Å²) in [4.78, 5) is 4.80. The summed E-state index contributed by atoms with van der Waals surface area (Å²) in [6.07, 6.45) is 2.59. The van der Waals surface area contributed by atoms with E-state index in [4.69, 9.17) is 5.73 Å². The molecule has 3 nitrogen and oxygen atoms in total. The number of benzene rings is 1. The van der Waals surface area contributed by atoms with E-state index >= 15 is 0 Å². The highest BCUT2D eigenvalue weighted by Gasteiger charge is 2.24. The Kier molecular flexibility index (Phi) is 4.02. The van der Waals surface area contributed by atoms with Crippen molar-refractivity contribution in [3.05, 3.63) is 29.8 Å². The summed E-state index contributed by atoms with van der Waals surface area (Å²) in [5.74, 6) is 0. The van der Waals surface area contributed by atoms with Gasteiger partial charge in [-0.1, -0.05) is 12.1 Å². The van der Waals surface area contributed by atoms with Crippen LogP contribution in [0.2, 0.25) is 0 Å². The molecule has 0 aliphatic carbocycles. The summed E-state index contributed by atoms with van der Waals surface area (Å²) >= 11 is 0. The Morgan fingerprint density at radius 2 is 2.24 bits per heavy atom. The molecule has 1 unspecified atom stereocenters. The number of nitrogens with two attached hydrogens (primary N) is 1. The molecule has 1 aromatic carbocycles. The molecule has 1 aliphatic heterocycles. The largest absolute Gasteiger partial charge is 0.367 e. The lowest BCUT2D eigenvalue weighted by Gasteiger charge is -2.29. The highest BCUT2D eigenvalue weighted by Crippen LogP contribution is 2.26. The Morgan fingerprint density at radius 3 is 2.94 bits per heavy atom. The summed E-state index contributed by atoms with van der Waals surface area (Å²) in [5.41, 5.74) is 8.26. The fourth-order valence-corrected chi connectivity index (χ4v) is 2.65. The van der Waals surface area contributed by atoms with E-state index in [0.717, 1.165) is 6.54 Å². The van der Waals surface area contributed by atoms with Crippen molar-refractivity contribution in [2.24, 2.45) is 5.73 Å². The van der Waals surface area contributed by atoms with E-state index in [0.29, 0.717) is 12.6 Å². The van der Waals surface area contributed by atoms with Crippen LogP contribution < -0.4 is 10.6 Å². The van der Waals surface area contributed by atoms with Crippen molar-refractivity contribution in [3.63, 3.8) is 0 Å². The number of likely N-dealkylation sites (N-methyl/N-ethyl adjacent to an activating group) is 1. The average molecular weight is 233 g/mol. The standard InChI is InChI=1S/C14H23N3/c1-16(2)11-14-7-4-8-17(14)13-6-3-5-12(9-13)10-15/h3,5-6,9,14H,4,7-8,10-11,15H2,1-2H3. The van der Waals surface area contributed by atoms with E-state index in [1.54, 1.807) is 0 Å². The molecule has 0 spiro atoms. The van der Waals surface area contributed by atoms with Gasteiger partial charge < -0.3 is 15.5 Å². The molecular weight excluding hydrogens is 210 g/mol. The second kappa shape index (κ2) is 5.52. The first-order valence-electron chi connectivity index (χ1n) is 6.41. The topological polar surface area (TPSA) is 32.5 Å². The molecule has 2 rings (SSSR count). The molecule has 1 fully saturated rings. The molecule has 2 N–H and O–H groups in total. The van der Waals surface area contributed by atoms with Gasteiger partial charge in [0.05, 0.1) is 0 Å². The third-order valence-corrected chi connectivity index (χ3v) is 3.43. The molecule has 17 heavy (non-hydrogen) atoms. The first-order valence-corrected chi connectivity index (χ1v) is 6.41. The van der Waals surface area contributed by atoms with Crippen LogP contribution in [-0.2, 0) is 6.54 Å². The van der Waals surface area contributed by atoms with Gasteiger partial charge in [0.2, 0.25) is 0 Å². The quantitative estimate of drug-likeness (QED) is 0.858. The van der Waals surface area contributed by atoms with Crippen molar-refractivity contribution < 1.29 is 0 Å². The average Bonchev–Trinajstić information content (AvgIpc) is 2.76. The van der Waals surface area contributed by atoms with Gasteiger partial charge in [-0.05, 0) is 44.6 Å². The number of hydrogen-bond acceptors (Lipinski definition) is 3. The predicted octanol–water partition coefficient (Wildman–Crippen LogP) is 1.68. The van der Waals surface area contributed by atoms with E-state index in [1.165, 1.54) is 30.6 Å². The minimum absolute atomic E-state index is 0.625. The molecule has 1 saturated heterocycles. The van der Waals surface area contributed by atoms with Crippen LogP contribution in [0, 0.1) is 0 Å². The fraction of sp³-hybridized carbons (Fsp3) is 0.571. The molecule has 1 heterocycles. The summed E-state index contributed by atoms with van der Waals surface area (Å²) in [5, 5.41) is 0. The minimum Gasteiger partial charge on any atom is -0.367 e. The molecule has 0 saturated carbocycles. The maximum absolute atomic E-state index is 5.71. The maximum atomic E-state index is 5.71. The van der Waals surface area contributed by atoms with Crippen molar-refractivity contribution in [1.82, 2.24) is 4.90 Å². The lowest BCUT2D eigenvalue weighted by molar-refractivity contribution is 0.372. The summed E-state index contributed by atoms with van der Waals surface area (Å²) < 4.78 is 0. The molecule has 0 radical (unpaired) electrons. The monoisotopic (exact) mass is 233 g/mol. The van der Waals surface area contributed by atoms with E-state index in [1.807, 2.05) is 0 Å². The zero-order chi connectivity index (χ0) is 12.3. The second-order valence-electron chi connectivity index (χ2n) is 5.13. The van der Waals surface area contributed by atoms with Crippen LogP contribution in [-0.4, -0.2) is 38.1 Å². The van der Waals surface area contributed by atoms with Gasteiger partial charge in [0.25, 0.3) is 0 Å². The van der Waals surface area contributed by atoms with Gasteiger partial charge in [0.1, 0.15) is 0 Å². The van der Waals surface area contributed by atoms with Gasteiger partial charge in [0, 0.05) is 31.4 Å². The number of anilines is 1. The number of nitrogens with zero attached hydrogens (tertiary/aromatic N) is 2. The van der Waals surface area contributed by atoms with Gasteiger partial charge in [-0.3, -0.25) is 0 Å². The Hall–Kier alpha value is -1.06. The van der Waals surface area contributed by atoms with Crippen LogP contribution >= 0.6 is 0 Å². The third-order valence-electron chi connectivity index (χ3n) is 3.43. The molecule has 94 valence electrons. The van der Waals surface area contributed by atoms with Crippen molar-refractivity contribution in [1.29, 1.82) is 0 Å². The third kappa shape index (κ3) is 2.99. The molecular formula is C14H23N3. The lowest BCUT2D eigenvalue weighted by atomic mass is 10.1. The maximum Gasteiger partial charge on any atom is 0.0417 e. The lowest BCUT2D eigenvalue weighted by Crippen LogP contribution is -2.37. The molecule has 0 bridgehead atoms. The predicted molar refractivity (Wildman–Crippen MR) is 73.3 cm³/mol. The summed E-state index contributed by atoms with van der Waals surface area (Å²) in [6.45, 7) is 2.93. The molecule has 1 atom stereocenters. The van der Waals surface area contributed by atoms with Gasteiger partial charge in [-0.25, -0.2) is 0 Å². The summed E-state index contributed by atoms with van der Waals surface area (Å²) in [7, 11) is 4.29. The van der Waals surface area contributed by atoms with E-state index in [-0.39, 0.29) is 0 Å². The van der Waals surface area contributed by atoms with Crippen LogP contribution in [0.4, 0.5) is 5.69 Å². The number of hydrogen-bond donors (Lipinski definition) is 1. The highest BCUT2D eigenvalue weighted by atomic mass is 15.2. The van der Waals surface area contributed by atoms with Crippen LogP contribution in [0.5, 0.6) is 0 Å². The summed E-state index contributed by atoms with van der Waals surface area (Å²) in [6, 6.07) is 9.29. The Morgan fingerprint density at radius 1 is 1.41 bits per heavy atom. The van der Waals surface area contributed by atoms with Crippen molar-refractivity contribution in [2.45, 2.75) is 25.4 Å². The Labute approximate surface area is 104 Å². The molecule has 3 heteroatoms. The zero-order valence-electron chi connectivity index (χ0n) is 10.9. The SMILES string of the molecule is CN(C)CC1CCCN1c1cccc(CN)c1. The zero-order valence-corrected chi connectivity index (χ0v) is 10.9. The van der Waals surface area contributed by atoms with Crippen LogP contribution in [0.3, 0.4) is 0 Å². The van der Waals surface area contributed by atoms with Crippen LogP contribution in [0.25, 0.3) is 0 Å². The molecule has 1 aliphatic rings. The molecule has 0 amide bonds. The Balaban J connectivity index is 2.14. The van der Waals surface area contributed by atoms with Crippen molar-refractivity contribution in [2.75, 3.05) is 32.1 Å². The van der Waals surface area contributed by atoms with Gasteiger partial charge in [-0.15, -0.1) is 0 Å². The van der Waals surface area contributed by atoms with E-state index in [2.05, 4.69) is 48.2 Å². The second-order valence-corrected chi connectivity index (χ2v) is 5.13. The molecule has 1 aromatic rings. The fourth-order valence-electron chi connectivity index (χ4n) is 2.65. The van der Waals surface area contributed by atoms with Gasteiger partial charge in [0.15, 0.2) is 0 Å². The Bertz CT molecular complexity index is 362. The van der Waals surface area contributed by atoms with E-state index in [9.17, 15) is 0 Å². The number of rotatable bonds is 4. The molecule has 0 aromatic heterocycles. The first kappa shape index (κ1) is 12.4. The smallest absolute Gasteiger partial charge is 0.0417 e.